The van der Waals surface area contributed by atoms with Crippen molar-refractivity contribution < 1.29 is 19.4 Å². The molecule has 0 amide bonds. The highest BCUT2D eigenvalue weighted by Gasteiger charge is 2.46. The molecular weight excluding hydrogens is 300 g/mol. The van der Waals surface area contributed by atoms with Gasteiger partial charge in [0.15, 0.2) is 11.5 Å². The number of carbonyl (C=O) groups is 1. The van der Waals surface area contributed by atoms with E-state index in [9.17, 15) is 4.79 Å². The second-order valence-corrected chi connectivity index (χ2v) is 7.32. The Labute approximate surface area is 135 Å². The van der Waals surface area contributed by atoms with Gasteiger partial charge in [-0.3, -0.25) is 4.79 Å². The van der Waals surface area contributed by atoms with Gasteiger partial charge in [-0.05, 0) is 49.1 Å². The predicted molar refractivity (Wildman–Crippen MR) is 87.1 cm³/mol. The molecule has 0 radical (unpaired) electrons. The van der Waals surface area contributed by atoms with Gasteiger partial charge < -0.3 is 14.6 Å². The molecule has 1 saturated carbocycles. The fourth-order valence-corrected chi connectivity index (χ4v) is 4.13. The minimum atomic E-state index is -0.737. The van der Waals surface area contributed by atoms with Crippen LogP contribution in [0.3, 0.4) is 0 Å². The molecule has 22 heavy (non-hydrogen) atoms. The van der Waals surface area contributed by atoms with Gasteiger partial charge in [-0.15, -0.1) is 0 Å². The van der Waals surface area contributed by atoms with E-state index < -0.39 is 5.97 Å². The number of hydrogen-bond acceptors (Lipinski definition) is 4. The molecule has 1 heterocycles. The molecule has 1 aliphatic heterocycles. The van der Waals surface area contributed by atoms with Crippen LogP contribution in [0.4, 0.5) is 0 Å². The maximum Gasteiger partial charge on any atom is 0.304 e. The molecule has 0 bridgehead atoms. The fraction of sp³-hybridized carbons (Fsp3) is 0.588. The number of carboxylic acids is 1. The molecule has 4 nitrogen and oxygen atoms in total. The predicted octanol–water partition coefficient (Wildman–Crippen LogP) is 3.48. The van der Waals surface area contributed by atoms with Crippen molar-refractivity contribution in [1.82, 2.24) is 0 Å². The summed E-state index contributed by atoms with van der Waals surface area (Å²) in [5.74, 6) is 2.96. The van der Waals surface area contributed by atoms with Crippen molar-refractivity contribution in [2.24, 2.45) is 0 Å². The summed E-state index contributed by atoms with van der Waals surface area (Å²) >= 11 is 1.92. The summed E-state index contributed by atoms with van der Waals surface area (Å²) in [6.07, 6.45) is 4.53. The molecule has 2 fully saturated rings. The molecule has 2 aliphatic rings. The normalized spacial score (nSPS) is 22.9. The molecule has 1 unspecified atom stereocenters. The van der Waals surface area contributed by atoms with E-state index in [1.165, 1.54) is 12.2 Å². The van der Waals surface area contributed by atoms with Crippen LogP contribution >= 0.6 is 11.8 Å². The molecule has 1 atom stereocenters. The molecule has 1 aromatic rings. The third kappa shape index (κ3) is 3.35. The van der Waals surface area contributed by atoms with Crippen LogP contribution in [0.2, 0.25) is 0 Å². The van der Waals surface area contributed by atoms with Crippen molar-refractivity contribution in [1.29, 1.82) is 0 Å². The fourth-order valence-electron chi connectivity index (χ4n) is 3.09. The van der Waals surface area contributed by atoms with Crippen molar-refractivity contribution in [3.63, 3.8) is 0 Å². The summed E-state index contributed by atoms with van der Waals surface area (Å²) < 4.78 is 11.6. The first-order valence-electron chi connectivity index (χ1n) is 7.78. The Morgan fingerprint density at radius 1 is 1.41 bits per heavy atom. The second kappa shape index (κ2) is 6.41. The van der Waals surface area contributed by atoms with Crippen LogP contribution in [0.1, 0.15) is 37.7 Å². The standard InChI is InChI=1S/C17H22O4S/c1-20-14-5-4-12(17(6-7-17)10-16(18)19)9-15(14)21-13-3-2-8-22-11-13/h4-5,9,13H,2-3,6-8,10-11H2,1H3,(H,18,19). The average Bonchev–Trinajstić information content (AvgIpc) is 3.28. The quantitative estimate of drug-likeness (QED) is 0.869. The third-order valence-corrected chi connectivity index (χ3v) is 5.72. The molecule has 1 N–H and O–H groups in total. The van der Waals surface area contributed by atoms with Crippen LogP contribution in [0.25, 0.3) is 0 Å². The van der Waals surface area contributed by atoms with E-state index in [-0.39, 0.29) is 17.9 Å². The second-order valence-electron chi connectivity index (χ2n) is 6.17. The Kier molecular flexibility index (Phi) is 4.52. The van der Waals surface area contributed by atoms with Gasteiger partial charge in [0, 0.05) is 11.2 Å². The van der Waals surface area contributed by atoms with Gasteiger partial charge in [0.25, 0.3) is 0 Å². The topological polar surface area (TPSA) is 55.8 Å². The number of thioether (sulfide) groups is 1. The molecule has 1 aliphatic carbocycles. The van der Waals surface area contributed by atoms with Crippen molar-refractivity contribution in [3.8, 4) is 11.5 Å². The highest BCUT2D eigenvalue weighted by Crippen LogP contribution is 2.52. The molecule has 5 heteroatoms. The van der Waals surface area contributed by atoms with E-state index >= 15 is 0 Å². The largest absolute Gasteiger partial charge is 0.493 e. The van der Waals surface area contributed by atoms with Gasteiger partial charge in [-0.2, -0.15) is 11.8 Å². The van der Waals surface area contributed by atoms with Crippen LogP contribution in [-0.4, -0.2) is 35.8 Å². The summed E-state index contributed by atoms with van der Waals surface area (Å²) in [5.41, 5.74) is 0.867. The number of aliphatic carboxylic acids is 1. The third-order valence-electron chi connectivity index (χ3n) is 4.53. The van der Waals surface area contributed by atoms with Crippen molar-refractivity contribution in [2.45, 2.75) is 43.6 Å². The lowest BCUT2D eigenvalue weighted by Crippen LogP contribution is -2.23. The first-order chi connectivity index (χ1) is 10.6. The summed E-state index contributed by atoms with van der Waals surface area (Å²) in [6.45, 7) is 0. The minimum absolute atomic E-state index is 0.193. The van der Waals surface area contributed by atoms with Crippen LogP contribution in [0.5, 0.6) is 11.5 Å². The summed E-state index contributed by atoms with van der Waals surface area (Å²) in [7, 11) is 1.64. The van der Waals surface area contributed by atoms with Gasteiger partial charge in [-0.1, -0.05) is 6.07 Å². The van der Waals surface area contributed by atoms with Gasteiger partial charge in [0.1, 0.15) is 6.10 Å². The van der Waals surface area contributed by atoms with Crippen LogP contribution in [0.15, 0.2) is 18.2 Å². The molecule has 0 aromatic heterocycles. The Morgan fingerprint density at radius 2 is 2.23 bits per heavy atom. The molecule has 1 aromatic carbocycles. The maximum atomic E-state index is 11.1. The highest BCUT2D eigenvalue weighted by atomic mass is 32.2. The summed E-state index contributed by atoms with van der Waals surface area (Å²) in [5, 5.41) is 9.12. The molecule has 3 rings (SSSR count). The lowest BCUT2D eigenvalue weighted by atomic mass is 9.92. The molecular formula is C17H22O4S. The van der Waals surface area contributed by atoms with Crippen LogP contribution < -0.4 is 9.47 Å². The Bertz CT molecular complexity index is 548. The van der Waals surface area contributed by atoms with E-state index in [1.807, 2.05) is 30.0 Å². The van der Waals surface area contributed by atoms with Crippen molar-refractivity contribution >= 4 is 17.7 Å². The SMILES string of the molecule is COc1ccc(C2(CC(=O)O)CC2)cc1OC1CCCSC1. The van der Waals surface area contributed by atoms with Gasteiger partial charge in [0.2, 0.25) is 0 Å². The monoisotopic (exact) mass is 322 g/mol. The van der Waals surface area contributed by atoms with Gasteiger partial charge in [0.05, 0.1) is 13.5 Å². The highest BCUT2D eigenvalue weighted by molar-refractivity contribution is 7.99. The summed E-state index contributed by atoms with van der Waals surface area (Å²) in [6, 6.07) is 5.88. The van der Waals surface area contributed by atoms with Crippen LogP contribution in [0, 0.1) is 0 Å². The zero-order valence-electron chi connectivity index (χ0n) is 12.8. The number of ether oxygens (including phenoxy) is 2. The minimum Gasteiger partial charge on any atom is -0.493 e. The van der Waals surface area contributed by atoms with E-state index in [4.69, 9.17) is 14.6 Å². The number of hydrogen-bond donors (Lipinski definition) is 1. The first-order valence-corrected chi connectivity index (χ1v) is 8.93. The average molecular weight is 322 g/mol. The van der Waals surface area contributed by atoms with E-state index in [0.717, 1.165) is 42.1 Å². The van der Waals surface area contributed by atoms with Crippen molar-refractivity contribution in [2.75, 3.05) is 18.6 Å². The van der Waals surface area contributed by atoms with E-state index in [2.05, 4.69) is 0 Å². The smallest absolute Gasteiger partial charge is 0.304 e. The first kappa shape index (κ1) is 15.5. The summed E-state index contributed by atoms with van der Waals surface area (Å²) in [4.78, 5) is 11.1. The molecule has 1 saturated heterocycles. The molecule has 120 valence electrons. The van der Waals surface area contributed by atoms with Gasteiger partial charge in [-0.25, -0.2) is 0 Å². The number of rotatable bonds is 6. The zero-order chi connectivity index (χ0) is 15.6. The van der Waals surface area contributed by atoms with E-state index in [0.29, 0.717) is 0 Å². The maximum absolute atomic E-state index is 11.1. The van der Waals surface area contributed by atoms with E-state index in [1.54, 1.807) is 7.11 Å². The zero-order valence-corrected chi connectivity index (χ0v) is 13.7. The Hall–Kier alpha value is -1.36. The Balaban J connectivity index is 1.81. The Morgan fingerprint density at radius 3 is 2.82 bits per heavy atom. The molecule has 0 spiro atoms. The van der Waals surface area contributed by atoms with Crippen LogP contribution in [-0.2, 0) is 10.2 Å². The number of methoxy groups -OCH3 is 1. The lowest BCUT2D eigenvalue weighted by Gasteiger charge is -2.24. The number of benzene rings is 1. The number of carboxylic acid groups (broad SMARTS) is 1. The van der Waals surface area contributed by atoms with Gasteiger partial charge >= 0.3 is 5.97 Å². The van der Waals surface area contributed by atoms with Crippen molar-refractivity contribution in [3.05, 3.63) is 23.8 Å². The lowest BCUT2D eigenvalue weighted by molar-refractivity contribution is -0.137.